The molecule has 1 unspecified atom stereocenters. The molecule has 17 heavy (non-hydrogen) atoms. The monoisotopic (exact) mass is 252 g/mol. The lowest BCUT2D eigenvalue weighted by molar-refractivity contribution is 0.181. The van der Waals surface area contributed by atoms with Crippen molar-refractivity contribution in [1.29, 1.82) is 0 Å². The highest BCUT2D eigenvalue weighted by Gasteiger charge is 2.17. The van der Waals surface area contributed by atoms with Crippen LogP contribution in [0, 0.1) is 0 Å². The van der Waals surface area contributed by atoms with Crippen LogP contribution in [0.5, 0.6) is 0 Å². The van der Waals surface area contributed by atoms with Gasteiger partial charge in [0.25, 0.3) is 0 Å². The second kappa shape index (κ2) is 6.39. The van der Waals surface area contributed by atoms with E-state index in [1.54, 1.807) is 0 Å². The third kappa shape index (κ3) is 3.98. The van der Waals surface area contributed by atoms with Crippen molar-refractivity contribution in [2.24, 2.45) is 0 Å². The molecule has 0 spiro atoms. The topological polar surface area (TPSA) is 15.3 Å². The van der Waals surface area contributed by atoms with E-state index >= 15 is 0 Å². The minimum absolute atomic E-state index is 0.697. The van der Waals surface area contributed by atoms with Gasteiger partial charge in [-0.1, -0.05) is 30.2 Å². The Hall–Kier alpha value is -0.570. The van der Waals surface area contributed by atoms with Gasteiger partial charge in [-0.25, -0.2) is 0 Å². The number of rotatable bonds is 4. The van der Waals surface area contributed by atoms with Crippen LogP contribution in [0.4, 0.5) is 0 Å². The first-order valence-corrected chi connectivity index (χ1v) is 6.79. The lowest BCUT2D eigenvalue weighted by Gasteiger charge is -2.32. The Morgan fingerprint density at radius 1 is 1.41 bits per heavy atom. The zero-order valence-corrected chi connectivity index (χ0v) is 11.2. The number of piperidine rings is 1. The lowest BCUT2D eigenvalue weighted by Crippen LogP contribution is -2.42. The SMILES string of the molecule is CN1CCCCC1CNCc1cccc(Cl)c1. The van der Waals surface area contributed by atoms with Gasteiger partial charge in [0.05, 0.1) is 0 Å². The molecule has 1 aromatic rings. The third-order valence-corrected chi connectivity index (χ3v) is 3.75. The molecule has 1 aliphatic heterocycles. The van der Waals surface area contributed by atoms with Crippen molar-refractivity contribution in [3.63, 3.8) is 0 Å². The maximum Gasteiger partial charge on any atom is 0.0409 e. The molecule has 1 fully saturated rings. The number of halogens is 1. The minimum Gasteiger partial charge on any atom is -0.311 e. The van der Waals surface area contributed by atoms with Crippen molar-refractivity contribution in [3.05, 3.63) is 34.9 Å². The van der Waals surface area contributed by atoms with Crippen molar-refractivity contribution >= 4 is 11.6 Å². The molecule has 2 nitrogen and oxygen atoms in total. The number of hydrogen-bond donors (Lipinski definition) is 1. The van der Waals surface area contributed by atoms with Gasteiger partial charge < -0.3 is 10.2 Å². The van der Waals surface area contributed by atoms with E-state index in [1.807, 2.05) is 18.2 Å². The van der Waals surface area contributed by atoms with Crippen LogP contribution in [0.2, 0.25) is 5.02 Å². The Morgan fingerprint density at radius 2 is 2.29 bits per heavy atom. The van der Waals surface area contributed by atoms with Crippen LogP contribution >= 0.6 is 11.6 Å². The van der Waals surface area contributed by atoms with Gasteiger partial charge in [-0.15, -0.1) is 0 Å². The predicted octanol–water partition coefficient (Wildman–Crippen LogP) is 2.91. The summed E-state index contributed by atoms with van der Waals surface area (Å²) in [4.78, 5) is 2.47. The molecule has 0 saturated carbocycles. The molecule has 94 valence electrons. The quantitative estimate of drug-likeness (QED) is 0.887. The molecular formula is C14H21ClN2. The molecular weight excluding hydrogens is 232 g/mol. The highest BCUT2D eigenvalue weighted by molar-refractivity contribution is 6.30. The van der Waals surface area contributed by atoms with Crippen LogP contribution in [0.3, 0.4) is 0 Å². The van der Waals surface area contributed by atoms with E-state index in [0.717, 1.165) is 18.1 Å². The van der Waals surface area contributed by atoms with Crippen LogP contribution in [0.1, 0.15) is 24.8 Å². The molecule has 3 heteroatoms. The second-order valence-corrected chi connectivity index (χ2v) is 5.33. The summed E-state index contributed by atoms with van der Waals surface area (Å²) in [5.74, 6) is 0. The first-order chi connectivity index (χ1) is 8.25. The fourth-order valence-corrected chi connectivity index (χ4v) is 2.64. The first-order valence-electron chi connectivity index (χ1n) is 6.41. The summed E-state index contributed by atoms with van der Waals surface area (Å²) in [6.45, 7) is 3.22. The summed E-state index contributed by atoms with van der Waals surface area (Å²) < 4.78 is 0. The Balaban J connectivity index is 1.75. The van der Waals surface area contributed by atoms with Gasteiger partial charge in [0.15, 0.2) is 0 Å². The number of nitrogens with one attached hydrogen (secondary N) is 1. The molecule has 1 heterocycles. The van der Waals surface area contributed by atoms with E-state index in [-0.39, 0.29) is 0 Å². The van der Waals surface area contributed by atoms with E-state index in [4.69, 9.17) is 11.6 Å². The maximum atomic E-state index is 5.96. The summed E-state index contributed by atoms with van der Waals surface area (Å²) in [7, 11) is 2.23. The molecule has 1 saturated heterocycles. The van der Waals surface area contributed by atoms with Crippen molar-refractivity contribution in [2.45, 2.75) is 31.8 Å². The minimum atomic E-state index is 0.697. The number of likely N-dealkylation sites (N-methyl/N-ethyl adjacent to an activating group) is 1. The molecule has 0 bridgehead atoms. The lowest BCUT2D eigenvalue weighted by atomic mass is 10.0. The molecule has 0 aromatic heterocycles. The van der Waals surface area contributed by atoms with Crippen LogP contribution < -0.4 is 5.32 Å². The van der Waals surface area contributed by atoms with Gasteiger partial charge in [0.2, 0.25) is 0 Å². The van der Waals surface area contributed by atoms with Crippen LogP contribution in [0.15, 0.2) is 24.3 Å². The van der Waals surface area contributed by atoms with Gasteiger partial charge >= 0.3 is 0 Å². The van der Waals surface area contributed by atoms with Gasteiger partial charge in [-0.2, -0.15) is 0 Å². The molecule has 1 aliphatic rings. The fourth-order valence-electron chi connectivity index (χ4n) is 2.43. The van der Waals surface area contributed by atoms with Crippen LogP contribution in [-0.2, 0) is 6.54 Å². The first kappa shape index (κ1) is 12.9. The second-order valence-electron chi connectivity index (χ2n) is 4.89. The zero-order valence-electron chi connectivity index (χ0n) is 10.5. The standard InChI is InChI=1S/C14H21ClN2/c1-17-8-3-2-7-14(17)11-16-10-12-5-4-6-13(15)9-12/h4-6,9,14,16H,2-3,7-8,10-11H2,1H3. The van der Waals surface area contributed by atoms with E-state index in [2.05, 4.69) is 23.3 Å². The zero-order chi connectivity index (χ0) is 12.1. The average molecular weight is 253 g/mol. The predicted molar refractivity (Wildman–Crippen MR) is 73.4 cm³/mol. The van der Waals surface area contributed by atoms with Gasteiger partial charge in [0, 0.05) is 24.2 Å². The van der Waals surface area contributed by atoms with Crippen molar-refractivity contribution in [2.75, 3.05) is 20.1 Å². The number of likely N-dealkylation sites (tertiary alicyclic amines) is 1. The molecule has 0 aliphatic carbocycles. The van der Waals surface area contributed by atoms with Crippen molar-refractivity contribution < 1.29 is 0 Å². The average Bonchev–Trinajstić information content (AvgIpc) is 2.32. The normalized spacial score (nSPS) is 21.6. The fraction of sp³-hybridized carbons (Fsp3) is 0.571. The van der Waals surface area contributed by atoms with E-state index in [9.17, 15) is 0 Å². The van der Waals surface area contributed by atoms with Crippen molar-refractivity contribution in [3.8, 4) is 0 Å². The largest absolute Gasteiger partial charge is 0.311 e. The molecule has 0 amide bonds. The Kier molecular flexibility index (Phi) is 4.84. The van der Waals surface area contributed by atoms with Crippen LogP contribution in [0.25, 0.3) is 0 Å². The molecule has 1 N–H and O–H groups in total. The number of benzene rings is 1. The highest BCUT2D eigenvalue weighted by Crippen LogP contribution is 2.14. The summed E-state index contributed by atoms with van der Waals surface area (Å²) in [6.07, 6.45) is 4.04. The summed E-state index contributed by atoms with van der Waals surface area (Å²) >= 11 is 5.96. The molecule has 1 aromatic carbocycles. The Morgan fingerprint density at radius 3 is 3.06 bits per heavy atom. The highest BCUT2D eigenvalue weighted by atomic mass is 35.5. The van der Waals surface area contributed by atoms with Gasteiger partial charge in [0.1, 0.15) is 0 Å². The van der Waals surface area contributed by atoms with E-state index < -0.39 is 0 Å². The number of nitrogens with zero attached hydrogens (tertiary/aromatic N) is 1. The van der Waals surface area contributed by atoms with Crippen molar-refractivity contribution in [1.82, 2.24) is 10.2 Å². The number of hydrogen-bond acceptors (Lipinski definition) is 2. The molecule has 0 radical (unpaired) electrons. The molecule has 2 rings (SSSR count). The maximum absolute atomic E-state index is 5.96. The third-order valence-electron chi connectivity index (χ3n) is 3.52. The summed E-state index contributed by atoms with van der Waals surface area (Å²) in [5.41, 5.74) is 1.26. The van der Waals surface area contributed by atoms with E-state index in [0.29, 0.717) is 6.04 Å². The molecule has 1 atom stereocenters. The van der Waals surface area contributed by atoms with E-state index in [1.165, 1.54) is 31.4 Å². The Labute approximate surface area is 109 Å². The van der Waals surface area contributed by atoms with Gasteiger partial charge in [-0.05, 0) is 44.1 Å². The summed E-state index contributed by atoms with van der Waals surface area (Å²) in [6, 6.07) is 8.76. The Bertz CT molecular complexity index is 354. The van der Waals surface area contributed by atoms with Crippen LogP contribution in [-0.4, -0.2) is 31.1 Å². The van der Waals surface area contributed by atoms with Gasteiger partial charge in [-0.3, -0.25) is 0 Å². The smallest absolute Gasteiger partial charge is 0.0409 e. The summed E-state index contributed by atoms with van der Waals surface area (Å²) in [5, 5.41) is 4.35.